The molecule has 1 heterocycles. The number of carboxylic acid groups (broad SMARTS) is 1. The SMILES string of the molecule is C/C(=C\[C@H](C(C)C)N(C)C(=O)[C@@H](NC(=O)[C@@H]1N(C)CSC1(C)C)C(C)(C)C)C(=O)O.c1ccccc1. The Balaban J connectivity index is 0.000000936. The molecule has 1 aliphatic rings. The third-order valence-electron chi connectivity index (χ3n) is 6.29. The summed E-state index contributed by atoms with van der Waals surface area (Å²) in [4.78, 5) is 41.6. The van der Waals surface area contributed by atoms with Crippen LogP contribution in [0.5, 0.6) is 0 Å². The highest BCUT2D eigenvalue weighted by molar-refractivity contribution is 8.00. The van der Waals surface area contributed by atoms with Gasteiger partial charge in [0, 0.05) is 23.2 Å². The van der Waals surface area contributed by atoms with Gasteiger partial charge >= 0.3 is 5.97 Å². The maximum absolute atomic E-state index is 13.5. The zero-order valence-electron chi connectivity index (χ0n) is 23.5. The molecular weight excluding hydrogens is 474 g/mol. The lowest BCUT2D eigenvalue weighted by atomic mass is 9.84. The molecule has 0 aliphatic carbocycles. The Morgan fingerprint density at radius 1 is 1.11 bits per heavy atom. The van der Waals surface area contributed by atoms with Crippen LogP contribution >= 0.6 is 11.8 Å². The Hall–Kier alpha value is -2.32. The average Bonchev–Trinajstić information content (AvgIpc) is 3.07. The van der Waals surface area contributed by atoms with Crippen molar-refractivity contribution < 1.29 is 19.5 Å². The van der Waals surface area contributed by atoms with E-state index in [1.54, 1.807) is 29.8 Å². The number of hydrogen-bond acceptors (Lipinski definition) is 5. The number of likely N-dealkylation sites (N-methyl/N-ethyl adjacent to an activating group) is 2. The molecule has 0 radical (unpaired) electrons. The fraction of sp³-hybridized carbons (Fsp3) is 0.607. The predicted molar refractivity (Wildman–Crippen MR) is 149 cm³/mol. The van der Waals surface area contributed by atoms with E-state index in [9.17, 15) is 19.5 Å². The summed E-state index contributed by atoms with van der Waals surface area (Å²) in [5.41, 5.74) is -0.321. The van der Waals surface area contributed by atoms with Gasteiger partial charge in [-0.1, -0.05) is 77.1 Å². The highest BCUT2D eigenvalue weighted by Gasteiger charge is 2.46. The second kappa shape index (κ2) is 13.3. The van der Waals surface area contributed by atoms with Crippen molar-refractivity contribution in [3.63, 3.8) is 0 Å². The molecule has 7 nitrogen and oxygen atoms in total. The number of carbonyl (C=O) groups is 3. The zero-order chi connectivity index (χ0) is 27.8. The maximum atomic E-state index is 13.5. The molecule has 0 unspecified atom stereocenters. The van der Waals surface area contributed by atoms with Gasteiger partial charge in [-0.25, -0.2) is 4.79 Å². The van der Waals surface area contributed by atoms with Crippen LogP contribution in [-0.2, 0) is 14.4 Å². The molecule has 8 heteroatoms. The first-order valence-corrected chi connectivity index (χ1v) is 13.3. The topological polar surface area (TPSA) is 90.0 Å². The first-order valence-electron chi connectivity index (χ1n) is 12.3. The van der Waals surface area contributed by atoms with Crippen molar-refractivity contribution in [2.75, 3.05) is 20.0 Å². The first kappa shape index (κ1) is 31.7. The van der Waals surface area contributed by atoms with E-state index >= 15 is 0 Å². The van der Waals surface area contributed by atoms with Crippen molar-refractivity contribution in [3.05, 3.63) is 48.0 Å². The van der Waals surface area contributed by atoms with Crippen LogP contribution in [0.2, 0.25) is 0 Å². The van der Waals surface area contributed by atoms with Crippen LogP contribution in [-0.4, -0.2) is 75.5 Å². The lowest BCUT2D eigenvalue weighted by molar-refractivity contribution is -0.141. The molecule has 0 saturated carbocycles. The minimum atomic E-state index is -1.01. The number of rotatable bonds is 7. The molecule has 0 spiro atoms. The predicted octanol–water partition coefficient (Wildman–Crippen LogP) is 4.50. The van der Waals surface area contributed by atoms with Gasteiger partial charge in [-0.2, -0.15) is 0 Å². The molecule has 0 aromatic heterocycles. The largest absolute Gasteiger partial charge is 0.478 e. The van der Waals surface area contributed by atoms with Crippen molar-refractivity contribution in [2.45, 2.75) is 78.3 Å². The number of aliphatic carboxylic acids is 1. The summed E-state index contributed by atoms with van der Waals surface area (Å²) in [5, 5.41) is 12.3. The molecule has 1 fully saturated rings. The molecule has 3 atom stereocenters. The number of carboxylic acids is 1. The number of benzene rings is 1. The summed E-state index contributed by atoms with van der Waals surface area (Å²) >= 11 is 1.72. The molecule has 0 bridgehead atoms. The third kappa shape index (κ3) is 8.96. The Kier molecular flexibility index (Phi) is 11.7. The quantitative estimate of drug-likeness (QED) is 0.516. The van der Waals surface area contributed by atoms with Gasteiger partial charge in [0.25, 0.3) is 0 Å². The fourth-order valence-corrected chi connectivity index (χ4v) is 5.28. The van der Waals surface area contributed by atoms with Gasteiger partial charge in [-0.05, 0) is 39.2 Å². The van der Waals surface area contributed by atoms with Crippen LogP contribution in [0.3, 0.4) is 0 Å². The Morgan fingerprint density at radius 2 is 1.58 bits per heavy atom. The smallest absolute Gasteiger partial charge is 0.331 e. The molecule has 2 amide bonds. The highest BCUT2D eigenvalue weighted by atomic mass is 32.2. The molecule has 1 saturated heterocycles. The monoisotopic (exact) mass is 519 g/mol. The van der Waals surface area contributed by atoms with Crippen LogP contribution < -0.4 is 5.32 Å². The van der Waals surface area contributed by atoms with E-state index in [2.05, 4.69) is 5.32 Å². The normalized spacial score (nSPS) is 19.6. The number of nitrogens with zero attached hydrogens (tertiary/aromatic N) is 2. The first-order chi connectivity index (χ1) is 16.5. The van der Waals surface area contributed by atoms with E-state index in [0.717, 1.165) is 5.88 Å². The number of thioether (sulfide) groups is 1. The third-order valence-corrected chi connectivity index (χ3v) is 7.79. The molecule has 2 N–H and O–H groups in total. The van der Waals surface area contributed by atoms with Crippen molar-refractivity contribution in [2.24, 2.45) is 11.3 Å². The minimum absolute atomic E-state index is 0.0147. The van der Waals surface area contributed by atoms with E-state index in [4.69, 9.17) is 0 Å². The van der Waals surface area contributed by atoms with E-state index < -0.39 is 23.5 Å². The van der Waals surface area contributed by atoms with Crippen LogP contribution in [0.1, 0.15) is 55.4 Å². The summed E-state index contributed by atoms with van der Waals surface area (Å²) < 4.78 is -0.252. The molecule has 2 rings (SSSR count). The van der Waals surface area contributed by atoms with Gasteiger partial charge in [0.05, 0.1) is 6.04 Å². The Morgan fingerprint density at radius 3 is 1.92 bits per heavy atom. The van der Waals surface area contributed by atoms with E-state index in [0.29, 0.717) is 0 Å². The van der Waals surface area contributed by atoms with Crippen molar-refractivity contribution in [1.29, 1.82) is 0 Å². The molecule has 1 aromatic rings. The van der Waals surface area contributed by atoms with Crippen LogP contribution in [0.15, 0.2) is 48.0 Å². The second-order valence-corrected chi connectivity index (χ2v) is 12.9. The van der Waals surface area contributed by atoms with Gasteiger partial charge in [-0.3, -0.25) is 14.5 Å². The minimum Gasteiger partial charge on any atom is -0.478 e. The van der Waals surface area contributed by atoms with E-state index in [1.165, 1.54) is 6.92 Å². The van der Waals surface area contributed by atoms with Crippen molar-refractivity contribution in [3.8, 4) is 0 Å². The van der Waals surface area contributed by atoms with Gasteiger partial charge in [0.2, 0.25) is 11.8 Å². The van der Waals surface area contributed by atoms with Gasteiger partial charge in [-0.15, -0.1) is 11.8 Å². The lowest BCUT2D eigenvalue weighted by Gasteiger charge is -2.39. The van der Waals surface area contributed by atoms with Gasteiger partial charge in [0.15, 0.2) is 0 Å². The summed E-state index contributed by atoms with van der Waals surface area (Å²) in [6.45, 7) is 15.3. The Bertz CT molecular complexity index is 882. The van der Waals surface area contributed by atoms with Crippen molar-refractivity contribution >= 4 is 29.5 Å². The molecule has 202 valence electrons. The van der Waals surface area contributed by atoms with Gasteiger partial charge < -0.3 is 15.3 Å². The van der Waals surface area contributed by atoms with Crippen molar-refractivity contribution in [1.82, 2.24) is 15.1 Å². The highest BCUT2D eigenvalue weighted by Crippen LogP contribution is 2.38. The van der Waals surface area contributed by atoms with Crippen LogP contribution in [0.4, 0.5) is 0 Å². The fourth-order valence-electron chi connectivity index (χ4n) is 4.15. The lowest BCUT2D eigenvalue weighted by Crippen LogP contribution is -2.60. The summed E-state index contributed by atoms with van der Waals surface area (Å²) in [7, 11) is 3.59. The zero-order valence-corrected chi connectivity index (χ0v) is 24.3. The molecule has 36 heavy (non-hydrogen) atoms. The summed E-state index contributed by atoms with van der Waals surface area (Å²) in [6.07, 6.45) is 1.61. The number of amides is 2. The standard InChI is InChI=1S/C22H39N3O4S.C6H6/c1-13(2)15(11-14(3)20(28)29)25(10)19(27)16(21(4,5)6)23-18(26)17-22(7,8)30-12-24(17)9;1-2-4-6-5-3-1/h11,13,15-17H,12H2,1-10H3,(H,23,26)(H,28,29);1-6H/b14-11+;/t15-,16-,17+;/m1./s1. The van der Waals surface area contributed by atoms with Crippen LogP contribution in [0.25, 0.3) is 0 Å². The number of nitrogens with one attached hydrogen (secondary N) is 1. The average molecular weight is 520 g/mol. The number of hydrogen-bond donors (Lipinski definition) is 2. The number of carbonyl (C=O) groups excluding carboxylic acids is 2. The maximum Gasteiger partial charge on any atom is 0.331 e. The summed E-state index contributed by atoms with van der Waals surface area (Å²) in [6, 6.07) is 10.5. The van der Waals surface area contributed by atoms with E-state index in [-0.39, 0.29) is 34.1 Å². The van der Waals surface area contributed by atoms with E-state index in [1.807, 2.05) is 96.8 Å². The Labute approximate surface area is 221 Å². The van der Waals surface area contributed by atoms with Crippen LogP contribution in [0, 0.1) is 11.3 Å². The molecule has 1 aliphatic heterocycles. The molecule has 1 aromatic carbocycles. The van der Waals surface area contributed by atoms with Gasteiger partial charge in [0.1, 0.15) is 12.1 Å². The molecular formula is C28H45N3O4S. The second-order valence-electron chi connectivity index (χ2n) is 11.3. The summed E-state index contributed by atoms with van der Waals surface area (Å²) in [5.74, 6) is -0.622.